The molecule has 10 heteroatoms. The van der Waals surface area contributed by atoms with Crippen LogP contribution in [0, 0.1) is 11.7 Å². The lowest BCUT2D eigenvalue weighted by Crippen LogP contribution is -2.73. The topological polar surface area (TPSA) is 70.6 Å². The Morgan fingerprint density at radius 2 is 2.12 bits per heavy atom. The highest BCUT2D eigenvalue weighted by Crippen LogP contribution is 2.43. The second-order valence-electron chi connectivity index (χ2n) is 5.12. The lowest BCUT2D eigenvalue weighted by Gasteiger charge is -2.45. The fourth-order valence-corrected chi connectivity index (χ4v) is 2.80. The van der Waals surface area contributed by atoms with Gasteiger partial charge in [-0.1, -0.05) is 12.1 Å². The van der Waals surface area contributed by atoms with Crippen LogP contribution in [-0.2, 0) is 9.53 Å². The Kier molecular flexibility index (Phi) is 5.00. The van der Waals surface area contributed by atoms with Gasteiger partial charge in [-0.05, 0) is 36.8 Å². The summed E-state index contributed by atoms with van der Waals surface area (Å²) in [4.78, 5) is 12.1. The smallest absolute Gasteiger partial charge is 0.437 e. The summed E-state index contributed by atoms with van der Waals surface area (Å²) in [6.07, 6.45) is -5.23. The number of halogens is 4. The van der Waals surface area contributed by atoms with Crippen molar-refractivity contribution in [1.29, 1.82) is 0 Å². The summed E-state index contributed by atoms with van der Waals surface area (Å²) in [5.74, 6) is -4.14. The molecule has 1 aliphatic heterocycles. The summed E-state index contributed by atoms with van der Waals surface area (Å²) in [5, 5.41) is 13.8. The first-order valence-electron chi connectivity index (χ1n) is 6.90. The van der Waals surface area contributed by atoms with Gasteiger partial charge in [0.1, 0.15) is 11.7 Å². The molecule has 5 nitrogen and oxygen atoms in total. The van der Waals surface area contributed by atoms with E-state index in [1.807, 2.05) is 0 Å². The number of carbonyl (C=O) groups excluding carboxylic acids is 1. The number of alkyl halides is 3. The number of carbonyl (C=O) groups is 1. The van der Waals surface area contributed by atoms with Crippen LogP contribution in [0.2, 0.25) is 0 Å². The van der Waals surface area contributed by atoms with Crippen molar-refractivity contribution in [2.45, 2.75) is 24.9 Å². The van der Waals surface area contributed by atoms with Crippen molar-refractivity contribution in [3.8, 4) is 0 Å². The zero-order chi connectivity index (χ0) is 18.1. The summed E-state index contributed by atoms with van der Waals surface area (Å²) >= 11 is 4.71. The minimum atomic E-state index is -5.23. The molecule has 0 bridgehead atoms. The number of benzene rings is 1. The van der Waals surface area contributed by atoms with E-state index in [0.29, 0.717) is 0 Å². The molecule has 0 aliphatic carbocycles. The number of thiocarbonyl (C=S) groups is 1. The summed E-state index contributed by atoms with van der Waals surface area (Å²) in [6, 6.07) is 3.21. The second-order valence-corrected chi connectivity index (χ2v) is 5.53. The Labute approximate surface area is 140 Å². The van der Waals surface area contributed by atoms with Crippen molar-refractivity contribution >= 4 is 23.3 Å². The van der Waals surface area contributed by atoms with Gasteiger partial charge in [0.25, 0.3) is 5.72 Å². The van der Waals surface area contributed by atoms with Crippen LogP contribution < -0.4 is 10.6 Å². The zero-order valence-corrected chi connectivity index (χ0v) is 13.2. The second kappa shape index (κ2) is 6.52. The first-order valence-corrected chi connectivity index (χ1v) is 7.31. The average Bonchev–Trinajstić information content (AvgIpc) is 2.45. The standard InChI is InChI=1S/C14H14F4N2O3S/c1-2-23-11(21)9-10(7-4-3-5-8(15)6-7)19-12(24)20-13(9,22)14(16,17)18/h3-6,9-10,22H,2H2,1H3,(H2,19,20,24)/t9-,10+,13+/m0/s1. The normalized spacial score (nSPS) is 27.2. The summed E-state index contributed by atoms with van der Waals surface area (Å²) in [7, 11) is 0. The number of hydrogen-bond acceptors (Lipinski definition) is 4. The van der Waals surface area contributed by atoms with Gasteiger partial charge in [0.15, 0.2) is 5.11 Å². The molecule has 3 N–H and O–H groups in total. The van der Waals surface area contributed by atoms with Crippen LogP contribution in [0.3, 0.4) is 0 Å². The highest BCUT2D eigenvalue weighted by molar-refractivity contribution is 7.80. The molecule has 0 unspecified atom stereocenters. The molecule has 132 valence electrons. The van der Waals surface area contributed by atoms with E-state index in [0.717, 1.165) is 12.1 Å². The van der Waals surface area contributed by atoms with Gasteiger partial charge in [0.2, 0.25) is 0 Å². The Morgan fingerprint density at radius 1 is 1.46 bits per heavy atom. The fraction of sp³-hybridized carbons (Fsp3) is 0.429. The predicted octanol–water partition coefficient (Wildman–Crippen LogP) is 1.77. The Balaban J connectivity index is 2.57. The summed E-state index contributed by atoms with van der Waals surface area (Å²) in [6.45, 7) is 1.22. The van der Waals surface area contributed by atoms with E-state index in [1.165, 1.54) is 19.1 Å². The minimum Gasteiger partial charge on any atom is -0.466 e. The molecule has 1 aromatic carbocycles. The summed E-state index contributed by atoms with van der Waals surface area (Å²) in [5.41, 5.74) is -3.64. The van der Waals surface area contributed by atoms with E-state index in [-0.39, 0.29) is 12.2 Å². The quantitative estimate of drug-likeness (QED) is 0.430. The number of nitrogens with one attached hydrogen (secondary N) is 2. The van der Waals surface area contributed by atoms with Crippen LogP contribution in [-0.4, -0.2) is 34.7 Å². The number of rotatable bonds is 3. The van der Waals surface area contributed by atoms with Gasteiger partial charge in [0, 0.05) is 0 Å². The largest absolute Gasteiger partial charge is 0.466 e. The number of aliphatic hydroxyl groups is 1. The van der Waals surface area contributed by atoms with Gasteiger partial charge in [-0.25, -0.2) is 4.39 Å². The molecule has 1 fully saturated rings. The Morgan fingerprint density at radius 3 is 2.67 bits per heavy atom. The van der Waals surface area contributed by atoms with Crippen LogP contribution in [0.1, 0.15) is 18.5 Å². The molecule has 0 spiro atoms. The third-order valence-electron chi connectivity index (χ3n) is 3.55. The minimum absolute atomic E-state index is 0.0135. The fourth-order valence-electron chi connectivity index (χ4n) is 2.51. The third-order valence-corrected chi connectivity index (χ3v) is 3.77. The molecular weight excluding hydrogens is 352 g/mol. The Hall–Kier alpha value is -1.94. The first kappa shape index (κ1) is 18.4. The van der Waals surface area contributed by atoms with Crippen LogP contribution in [0.5, 0.6) is 0 Å². The average molecular weight is 366 g/mol. The molecule has 0 radical (unpaired) electrons. The number of esters is 1. The monoisotopic (exact) mass is 366 g/mol. The molecule has 0 aromatic heterocycles. The van der Waals surface area contributed by atoms with Crippen LogP contribution >= 0.6 is 12.2 Å². The molecule has 3 atom stereocenters. The van der Waals surface area contributed by atoms with Gasteiger partial charge in [-0.15, -0.1) is 0 Å². The molecular formula is C14H14F4N2O3S. The molecule has 1 aromatic rings. The lowest BCUT2D eigenvalue weighted by molar-refractivity contribution is -0.292. The molecule has 0 saturated carbocycles. The Bertz CT molecular complexity index is 655. The molecule has 1 aliphatic rings. The predicted molar refractivity (Wildman–Crippen MR) is 79.1 cm³/mol. The maximum absolute atomic E-state index is 13.4. The van der Waals surface area contributed by atoms with Crippen molar-refractivity contribution in [2.24, 2.45) is 5.92 Å². The van der Waals surface area contributed by atoms with Crippen molar-refractivity contribution in [3.63, 3.8) is 0 Å². The van der Waals surface area contributed by atoms with Crippen LogP contribution in [0.15, 0.2) is 24.3 Å². The van der Waals surface area contributed by atoms with Crippen LogP contribution in [0.25, 0.3) is 0 Å². The van der Waals surface area contributed by atoms with Crippen molar-refractivity contribution in [2.75, 3.05) is 6.61 Å². The van der Waals surface area contributed by atoms with E-state index >= 15 is 0 Å². The highest BCUT2D eigenvalue weighted by atomic mass is 32.1. The molecule has 1 heterocycles. The van der Waals surface area contributed by atoms with Gasteiger partial charge in [-0.3, -0.25) is 4.79 Å². The van der Waals surface area contributed by atoms with Gasteiger partial charge >= 0.3 is 12.1 Å². The SMILES string of the molecule is CCOC(=O)[C@@H]1[C@@H](c2cccc(F)c2)NC(=S)N[C@]1(O)C(F)(F)F. The van der Waals surface area contributed by atoms with E-state index in [2.05, 4.69) is 10.1 Å². The van der Waals surface area contributed by atoms with E-state index < -0.39 is 40.8 Å². The van der Waals surface area contributed by atoms with E-state index in [4.69, 9.17) is 12.2 Å². The van der Waals surface area contributed by atoms with Gasteiger partial charge in [0.05, 0.1) is 12.6 Å². The maximum atomic E-state index is 13.4. The number of hydrogen-bond donors (Lipinski definition) is 3. The van der Waals surface area contributed by atoms with Crippen LogP contribution in [0.4, 0.5) is 17.6 Å². The molecule has 1 saturated heterocycles. The zero-order valence-electron chi connectivity index (χ0n) is 12.4. The lowest BCUT2D eigenvalue weighted by atomic mass is 9.82. The van der Waals surface area contributed by atoms with Gasteiger partial charge < -0.3 is 20.5 Å². The van der Waals surface area contributed by atoms with Crippen molar-refractivity contribution < 1.29 is 32.2 Å². The third kappa shape index (κ3) is 3.29. The van der Waals surface area contributed by atoms with Gasteiger partial charge in [-0.2, -0.15) is 13.2 Å². The molecule has 2 rings (SSSR count). The summed E-state index contributed by atoms with van der Waals surface area (Å²) < 4.78 is 58.4. The van der Waals surface area contributed by atoms with E-state index in [1.54, 1.807) is 5.32 Å². The van der Waals surface area contributed by atoms with Crippen molar-refractivity contribution in [1.82, 2.24) is 10.6 Å². The molecule has 24 heavy (non-hydrogen) atoms. The highest BCUT2D eigenvalue weighted by Gasteiger charge is 2.66. The number of ether oxygens (including phenoxy) is 1. The first-order chi connectivity index (χ1) is 11.1. The van der Waals surface area contributed by atoms with Crippen molar-refractivity contribution in [3.05, 3.63) is 35.6 Å². The molecule has 0 amide bonds. The maximum Gasteiger partial charge on any atom is 0.437 e. The van der Waals surface area contributed by atoms with E-state index in [9.17, 15) is 27.5 Å².